The molecule has 6 heteroatoms. The molecular weight excluding hydrogens is 462 g/mol. The first-order valence-corrected chi connectivity index (χ1v) is 7.74. The molecule has 4 nitrogen and oxygen atoms in total. The van der Waals surface area contributed by atoms with Gasteiger partial charge in [-0.05, 0) is 71.2 Å². The molecule has 0 radical (unpaired) electrons. The summed E-state index contributed by atoms with van der Waals surface area (Å²) in [5, 5.41) is 0. The number of halogens is 2. The molecule has 0 aliphatic rings. The van der Waals surface area contributed by atoms with Crippen LogP contribution in [0.3, 0.4) is 0 Å². The number of hydrogen-bond acceptors (Lipinski definition) is 4. The predicted molar refractivity (Wildman–Crippen MR) is 86.1 cm³/mol. The second kappa shape index (κ2) is 9.16. The molecule has 18 heavy (non-hydrogen) atoms. The second-order valence-corrected chi connectivity index (χ2v) is 5.55. The van der Waals surface area contributed by atoms with E-state index in [1.165, 1.54) is 0 Å². The Morgan fingerprint density at radius 2 is 1.33 bits per heavy atom. The maximum atomic E-state index is 5.55. The zero-order chi connectivity index (χ0) is 13.4. The third-order valence-corrected chi connectivity index (χ3v) is 3.66. The lowest BCUT2D eigenvalue weighted by molar-refractivity contribution is 0.0171. The van der Waals surface area contributed by atoms with Crippen molar-refractivity contribution in [3.05, 3.63) is 19.3 Å². The van der Waals surface area contributed by atoms with Crippen LogP contribution in [-0.4, -0.2) is 26.8 Å². The van der Waals surface area contributed by atoms with Gasteiger partial charge in [0.25, 0.3) is 0 Å². The average Bonchev–Trinajstić information content (AvgIpc) is 2.35. The minimum absolute atomic E-state index is 0.248. The van der Waals surface area contributed by atoms with Crippen molar-refractivity contribution < 1.29 is 18.9 Å². The third kappa shape index (κ3) is 5.45. The molecule has 0 aliphatic carbocycles. The maximum Gasteiger partial charge on any atom is 0.189 e. The van der Waals surface area contributed by atoms with Crippen LogP contribution in [0.5, 0.6) is 11.5 Å². The van der Waals surface area contributed by atoms with Crippen molar-refractivity contribution >= 4 is 45.2 Å². The van der Waals surface area contributed by atoms with Crippen LogP contribution in [0.4, 0.5) is 0 Å². The molecule has 0 amide bonds. The van der Waals surface area contributed by atoms with Gasteiger partial charge >= 0.3 is 0 Å². The van der Waals surface area contributed by atoms with Gasteiger partial charge in [0.05, 0.1) is 3.57 Å². The Balaban J connectivity index is 2.71. The van der Waals surface area contributed by atoms with Crippen LogP contribution in [0, 0.1) is 7.14 Å². The van der Waals surface area contributed by atoms with Gasteiger partial charge in [-0.25, -0.2) is 0 Å². The van der Waals surface area contributed by atoms with Crippen molar-refractivity contribution in [1.82, 2.24) is 0 Å². The van der Waals surface area contributed by atoms with Crippen molar-refractivity contribution in [2.75, 3.05) is 26.8 Å². The Labute approximate surface area is 135 Å². The van der Waals surface area contributed by atoms with Crippen molar-refractivity contribution in [2.45, 2.75) is 13.8 Å². The van der Waals surface area contributed by atoms with Crippen LogP contribution in [0.15, 0.2) is 12.1 Å². The van der Waals surface area contributed by atoms with E-state index in [1.807, 2.05) is 26.0 Å². The summed E-state index contributed by atoms with van der Waals surface area (Å²) in [6.07, 6.45) is 0. The molecule has 1 aromatic rings. The van der Waals surface area contributed by atoms with Gasteiger partial charge in [-0.3, -0.25) is 0 Å². The summed E-state index contributed by atoms with van der Waals surface area (Å²) in [5.74, 6) is 1.53. The topological polar surface area (TPSA) is 36.9 Å². The molecule has 0 unspecified atom stereocenters. The molecule has 0 aromatic heterocycles. The van der Waals surface area contributed by atoms with E-state index >= 15 is 0 Å². The number of benzene rings is 1. The summed E-state index contributed by atoms with van der Waals surface area (Å²) in [6, 6.07) is 3.91. The molecule has 0 heterocycles. The lowest BCUT2D eigenvalue weighted by atomic mass is 10.3. The van der Waals surface area contributed by atoms with E-state index < -0.39 is 0 Å². The number of ether oxygens (including phenoxy) is 4. The fraction of sp³-hybridized carbons (Fsp3) is 0.500. The first kappa shape index (κ1) is 16.3. The van der Waals surface area contributed by atoms with Crippen LogP contribution in [-0.2, 0) is 9.47 Å². The standard InChI is InChI=1S/C12H16I2O4/c1-3-15-7-17-10-5-9(13)6-11(12(10)14)18-8-16-4-2/h5-6H,3-4,7-8H2,1-2H3. The Morgan fingerprint density at radius 3 is 1.72 bits per heavy atom. The third-order valence-electron chi connectivity index (χ3n) is 1.97. The van der Waals surface area contributed by atoms with E-state index in [0.717, 1.165) is 18.6 Å². The summed E-state index contributed by atoms with van der Waals surface area (Å²) in [4.78, 5) is 0. The van der Waals surface area contributed by atoms with Gasteiger partial charge in [-0.1, -0.05) is 0 Å². The quantitative estimate of drug-likeness (QED) is 0.325. The van der Waals surface area contributed by atoms with Gasteiger partial charge in [0, 0.05) is 16.8 Å². The van der Waals surface area contributed by atoms with E-state index in [0.29, 0.717) is 13.2 Å². The van der Waals surface area contributed by atoms with Gasteiger partial charge in [0.2, 0.25) is 0 Å². The monoisotopic (exact) mass is 478 g/mol. The van der Waals surface area contributed by atoms with Gasteiger partial charge in [0.1, 0.15) is 11.5 Å². The normalized spacial score (nSPS) is 10.4. The summed E-state index contributed by atoms with van der Waals surface area (Å²) in [5.41, 5.74) is 0. The van der Waals surface area contributed by atoms with E-state index in [4.69, 9.17) is 18.9 Å². The molecule has 1 rings (SSSR count). The second-order valence-electron chi connectivity index (χ2n) is 3.23. The van der Waals surface area contributed by atoms with Crippen LogP contribution in [0.2, 0.25) is 0 Å². The molecule has 0 atom stereocenters. The fourth-order valence-corrected chi connectivity index (χ4v) is 2.32. The maximum absolute atomic E-state index is 5.55. The minimum Gasteiger partial charge on any atom is -0.466 e. The predicted octanol–water partition coefficient (Wildman–Crippen LogP) is 3.64. The zero-order valence-corrected chi connectivity index (χ0v) is 14.7. The van der Waals surface area contributed by atoms with E-state index in [-0.39, 0.29) is 13.6 Å². The molecule has 102 valence electrons. The van der Waals surface area contributed by atoms with Crippen LogP contribution in [0.25, 0.3) is 0 Å². The van der Waals surface area contributed by atoms with Crippen molar-refractivity contribution in [1.29, 1.82) is 0 Å². The van der Waals surface area contributed by atoms with Gasteiger partial charge < -0.3 is 18.9 Å². The van der Waals surface area contributed by atoms with Crippen molar-refractivity contribution in [3.8, 4) is 11.5 Å². The van der Waals surface area contributed by atoms with E-state index in [9.17, 15) is 0 Å². The Hall–Kier alpha value is 0.200. The molecule has 0 saturated carbocycles. The highest BCUT2D eigenvalue weighted by Crippen LogP contribution is 2.32. The smallest absolute Gasteiger partial charge is 0.189 e. The SMILES string of the molecule is CCOCOc1cc(I)cc(OCOCC)c1I. The summed E-state index contributed by atoms with van der Waals surface area (Å²) >= 11 is 4.42. The largest absolute Gasteiger partial charge is 0.466 e. The Kier molecular flexibility index (Phi) is 8.27. The molecule has 0 aliphatic heterocycles. The van der Waals surface area contributed by atoms with Gasteiger partial charge in [-0.15, -0.1) is 0 Å². The molecule has 0 fully saturated rings. The highest BCUT2D eigenvalue weighted by molar-refractivity contribution is 14.1. The summed E-state index contributed by atoms with van der Waals surface area (Å²) in [6.45, 7) is 5.62. The van der Waals surface area contributed by atoms with Gasteiger partial charge in [-0.2, -0.15) is 0 Å². The first-order valence-electron chi connectivity index (χ1n) is 5.59. The minimum atomic E-state index is 0.248. The van der Waals surface area contributed by atoms with E-state index in [2.05, 4.69) is 45.2 Å². The number of hydrogen-bond donors (Lipinski definition) is 0. The molecule has 0 spiro atoms. The van der Waals surface area contributed by atoms with E-state index in [1.54, 1.807) is 0 Å². The average molecular weight is 478 g/mol. The summed E-state index contributed by atoms with van der Waals surface area (Å²) < 4.78 is 23.4. The van der Waals surface area contributed by atoms with Crippen LogP contribution < -0.4 is 9.47 Å². The van der Waals surface area contributed by atoms with Gasteiger partial charge in [0.15, 0.2) is 13.6 Å². The highest BCUT2D eigenvalue weighted by Gasteiger charge is 2.10. The van der Waals surface area contributed by atoms with Crippen molar-refractivity contribution in [2.24, 2.45) is 0 Å². The van der Waals surface area contributed by atoms with Crippen molar-refractivity contribution in [3.63, 3.8) is 0 Å². The molecule has 1 aromatic carbocycles. The molecular formula is C12H16I2O4. The van der Waals surface area contributed by atoms with Crippen LogP contribution >= 0.6 is 45.2 Å². The number of rotatable bonds is 8. The molecule has 0 bridgehead atoms. The van der Waals surface area contributed by atoms with Crippen LogP contribution in [0.1, 0.15) is 13.8 Å². The fourth-order valence-electron chi connectivity index (χ4n) is 1.13. The Bertz CT molecular complexity index is 340. The Morgan fingerprint density at radius 1 is 0.889 bits per heavy atom. The summed E-state index contributed by atoms with van der Waals surface area (Å²) in [7, 11) is 0. The lowest BCUT2D eigenvalue weighted by Gasteiger charge is -2.13. The first-order chi connectivity index (χ1) is 8.69. The lowest BCUT2D eigenvalue weighted by Crippen LogP contribution is -2.06. The highest BCUT2D eigenvalue weighted by atomic mass is 127. The zero-order valence-electron chi connectivity index (χ0n) is 10.4. The molecule has 0 N–H and O–H groups in total. The molecule has 0 saturated heterocycles.